The van der Waals surface area contributed by atoms with E-state index in [4.69, 9.17) is 0 Å². The lowest BCUT2D eigenvalue weighted by Gasteiger charge is -2.41. The average molecular weight is 347 g/mol. The van der Waals surface area contributed by atoms with Crippen molar-refractivity contribution < 1.29 is 4.79 Å². The summed E-state index contributed by atoms with van der Waals surface area (Å²) >= 11 is 0. The zero-order chi connectivity index (χ0) is 18.0. The number of benzene rings is 3. The monoisotopic (exact) mass is 347 g/mol. The molecule has 3 aromatic carbocycles. The molecule has 0 aromatic heterocycles. The third-order valence-electron chi connectivity index (χ3n) is 6.06. The first-order valence-electron chi connectivity index (χ1n) is 9.32. The van der Waals surface area contributed by atoms with E-state index in [1.807, 2.05) is 18.2 Å². The summed E-state index contributed by atoms with van der Waals surface area (Å²) in [7, 11) is 0. The van der Waals surface area contributed by atoms with Crippen LogP contribution >= 0.6 is 0 Å². The van der Waals surface area contributed by atoms with Crippen LogP contribution in [0.1, 0.15) is 28.7 Å². The van der Waals surface area contributed by atoms with E-state index in [9.17, 15) is 4.79 Å². The fraction of sp³-hybridized carbons (Fsp3) is 0.0800. The van der Waals surface area contributed by atoms with Crippen LogP contribution in [0.4, 0.5) is 11.4 Å². The predicted molar refractivity (Wildman–Crippen MR) is 108 cm³/mol. The van der Waals surface area contributed by atoms with Crippen molar-refractivity contribution in [2.45, 2.75) is 11.8 Å². The van der Waals surface area contributed by atoms with Gasteiger partial charge in [0.1, 0.15) is 0 Å². The number of anilines is 2. The molecule has 27 heavy (non-hydrogen) atoms. The van der Waals surface area contributed by atoms with Gasteiger partial charge in [-0.2, -0.15) is 0 Å². The van der Waals surface area contributed by atoms with E-state index in [0.717, 1.165) is 33.6 Å². The Morgan fingerprint density at radius 1 is 0.741 bits per heavy atom. The highest BCUT2D eigenvalue weighted by atomic mass is 16.1. The van der Waals surface area contributed by atoms with Crippen molar-refractivity contribution in [3.8, 4) is 0 Å². The summed E-state index contributed by atoms with van der Waals surface area (Å²) < 4.78 is 0. The number of hydrogen-bond donors (Lipinski definition) is 1. The zero-order valence-corrected chi connectivity index (χ0v) is 14.7. The molecule has 1 aliphatic heterocycles. The molecular weight excluding hydrogens is 330 g/mol. The van der Waals surface area contributed by atoms with E-state index < -0.39 is 5.41 Å². The SMILES string of the molecule is O=C1CC=CC2=C1C1(c3ccccc3Nc3ccccc31)c1ccccc12. The smallest absolute Gasteiger partial charge is 0.164 e. The van der Waals surface area contributed by atoms with Gasteiger partial charge in [0.25, 0.3) is 0 Å². The molecule has 3 aromatic rings. The molecule has 2 nitrogen and oxygen atoms in total. The molecule has 0 amide bonds. The summed E-state index contributed by atoms with van der Waals surface area (Å²) in [6.07, 6.45) is 4.60. The molecule has 3 aliphatic rings. The Labute approximate surface area is 157 Å². The lowest BCUT2D eigenvalue weighted by atomic mass is 9.63. The molecular formula is C25H17NO. The zero-order valence-electron chi connectivity index (χ0n) is 14.7. The number of para-hydroxylation sites is 2. The van der Waals surface area contributed by atoms with Gasteiger partial charge in [0.2, 0.25) is 0 Å². The molecule has 2 aliphatic carbocycles. The average Bonchev–Trinajstić information content (AvgIpc) is 3.01. The molecule has 1 spiro atoms. The second-order valence-corrected chi connectivity index (χ2v) is 7.33. The van der Waals surface area contributed by atoms with Crippen LogP contribution < -0.4 is 5.32 Å². The summed E-state index contributed by atoms with van der Waals surface area (Å²) in [4.78, 5) is 13.3. The molecule has 0 bridgehead atoms. The van der Waals surface area contributed by atoms with E-state index in [-0.39, 0.29) is 5.78 Å². The molecule has 0 radical (unpaired) electrons. The van der Waals surface area contributed by atoms with Crippen molar-refractivity contribution in [1.82, 2.24) is 0 Å². The maximum atomic E-state index is 13.3. The van der Waals surface area contributed by atoms with Crippen molar-refractivity contribution in [3.05, 3.63) is 113 Å². The van der Waals surface area contributed by atoms with Crippen LogP contribution in [0.25, 0.3) is 5.57 Å². The van der Waals surface area contributed by atoms with Gasteiger partial charge in [-0.15, -0.1) is 0 Å². The van der Waals surface area contributed by atoms with E-state index >= 15 is 0 Å². The van der Waals surface area contributed by atoms with E-state index in [2.05, 4.69) is 72.1 Å². The molecule has 0 saturated heterocycles. The first-order valence-corrected chi connectivity index (χ1v) is 9.32. The van der Waals surface area contributed by atoms with Crippen LogP contribution in [0.3, 0.4) is 0 Å². The van der Waals surface area contributed by atoms with Crippen molar-refractivity contribution in [3.63, 3.8) is 0 Å². The summed E-state index contributed by atoms with van der Waals surface area (Å²) in [5.74, 6) is 0.218. The summed E-state index contributed by atoms with van der Waals surface area (Å²) in [5, 5.41) is 3.58. The third kappa shape index (κ3) is 1.68. The number of hydrogen-bond acceptors (Lipinski definition) is 2. The fourth-order valence-electron chi connectivity index (χ4n) is 5.12. The fourth-order valence-corrected chi connectivity index (χ4v) is 5.12. The highest BCUT2D eigenvalue weighted by molar-refractivity contribution is 6.15. The Bertz CT molecular complexity index is 1150. The highest BCUT2D eigenvalue weighted by Gasteiger charge is 2.53. The molecule has 0 fully saturated rings. The summed E-state index contributed by atoms with van der Waals surface area (Å²) in [5.41, 5.74) is 8.28. The van der Waals surface area contributed by atoms with Gasteiger partial charge in [0.05, 0.1) is 5.41 Å². The van der Waals surface area contributed by atoms with Crippen molar-refractivity contribution >= 4 is 22.7 Å². The molecule has 6 rings (SSSR count). The third-order valence-corrected chi connectivity index (χ3v) is 6.06. The molecule has 0 saturated carbocycles. The number of carbonyl (C=O) groups excluding carboxylic acids is 1. The van der Waals surface area contributed by atoms with Gasteiger partial charge in [-0.1, -0.05) is 72.8 Å². The van der Waals surface area contributed by atoms with Gasteiger partial charge < -0.3 is 5.32 Å². The topological polar surface area (TPSA) is 29.1 Å². The molecule has 128 valence electrons. The molecule has 1 heterocycles. The van der Waals surface area contributed by atoms with Crippen molar-refractivity contribution in [2.75, 3.05) is 5.32 Å². The minimum absolute atomic E-state index is 0.218. The van der Waals surface area contributed by atoms with Crippen LogP contribution in [0, 0.1) is 0 Å². The Balaban J connectivity index is 1.85. The van der Waals surface area contributed by atoms with Gasteiger partial charge in [-0.05, 0) is 40.0 Å². The van der Waals surface area contributed by atoms with Crippen LogP contribution in [0.15, 0.2) is 90.5 Å². The molecule has 0 unspecified atom stereocenters. The maximum Gasteiger partial charge on any atom is 0.164 e. The predicted octanol–water partition coefficient (Wildman–Crippen LogP) is 5.37. The van der Waals surface area contributed by atoms with Gasteiger partial charge in [0, 0.05) is 23.4 Å². The first-order chi connectivity index (χ1) is 13.3. The lowest BCUT2D eigenvalue weighted by Crippen LogP contribution is -2.37. The van der Waals surface area contributed by atoms with E-state index in [0.29, 0.717) is 6.42 Å². The number of ketones is 1. The Hall–Kier alpha value is -3.39. The Morgan fingerprint density at radius 2 is 1.33 bits per heavy atom. The summed E-state index contributed by atoms with van der Waals surface area (Å²) in [6.45, 7) is 0. The number of nitrogens with one attached hydrogen (secondary N) is 1. The van der Waals surface area contributed by atoms with Gasteiger partial charge in [-0.3, -0.25) is 4.79 Å². The normalized spacial score (nSPS) is 17.9. The van der Waals surface area contributed by atoms with E-state index in [1.54, 1.807) is 0 Å². The minimum Gasteiger partial charge on any atom is -0.355 e. The Morgan fingerprint density at radius 3 is 2.04 bits per heavy atom. The summed E-state index contributed by atoms with van der Waals surface area (Å²) in [6, 6.07) is 25.3. The van der Waals surface area contributed by atoms with Gasteiger partial charge in [-0.25, -0.2) is 0 Å². The molecule has 0 atom stereocenters. The Kier molecular flexibility index (Phi) is 2.77. The lowest BCUT2D eigenvalue weighted by molar-refractivity contribution is -0.115. The highest BCUT2D eigenvalue weighted by Crippen LogP contribution is 2.60. The number of rotatable bonds is 0. The van der Waals surface area contributed by atoms with Crippen LogP contribution in [0.5, 0.6) is 0 Å². The van der Waals surface area contributed by atoms with Crippen LogP contribution in [0.2, 0.25) is 0 Å². The quantitative estimate of drug-likeness (QED) is 0.592. The second-order valence-electron chi connectivity index (χ2n) is 7.33. The first kappa shape index (κ1) is 14.7. The van der Waals surface area contributed by atoms with Crippen molar-refractivity contribution in [2.24, 2.45) is 0 Å². The van der Waals surface area contributed by atoms with Crippen LogP contribution in [-0.2, 0) is 10.2 Å². The number of allylic oxidation sites excluding steroid dienone is 4. The van der Waals surface area contributed by atoms with E-state index in [1.165, 1.54) is 11.1 Å². The molecule has 1 N–H and O–H groups in total. The number of fused-ring (bicyclic) bond motifs is 8. The van der Waals surface area contributed by atoms with Gasteiger partial charge in [0.15, 0.2) is 5.78 Å². The molecule has 2 heteroatoms. The van der Waals surface area contributed by atoms with Gasteiger partial charge >= 0.3 is 0 Å². The van der Waals surface area contributed by atoms with Crippen molar-refractivity contribution in [1.29, 1.82) is 0 Å². The largest absolute Gasteiger partial charge is 0.355 e. The second kappa shape index (κ2) is 5.08. The van der Waals surface area contributed by atoms with Crippen LogP contribution in [-0.4, -0.2) is 5.78 Å². The number of carbonyl (C=O) groups is 1. The minimum atomic E-state index is -0.549. The maximum absolute atomic E-state index is 13.3. The number of Topliss-reactive ketones (excluding diaryl/α,β-unsaturated/α-hetero) is 1. The standard InChI is InChI=1S/C25H17NO/c27-23-15-7-9-17-16-8-1-2-10-18(16)25(24(17)23)19-11-3-5-13-21(19)26-22-14-6-4-12-20(22)25/h1-14,26H,15H2.